The molecule has 0 fully saturated rings. The molecule has 3 aromatic rings. The molecule has 138 valence electrons. The van der Waals surface area contributed by atoms with Crippen LogP contribution in [0.25, 0.3) is 0 Å². The fourth-order valence-corrected chi connectivity index (χ4v) is 3.32. The number of aromatic nitrogens is 2. The monoisotopic (exact) mass is 360 g/mol. The van der Waals surface area contributed by atoms with Crippen LogP contribution >= 0.6 is 0 Å². The minimum Gasteiger partial charge on any atom is -0.368 e. The summed E-state index contributed by atoms with van der Waals surface area (Å²) in [5.74, 6) is -0.406. The van der Waals surface area contributed by atoms with Crippen LogP contribution in [-0.4, -0.2) is 15.9 Å². The summed E-state index contributed by atoms with van der Waals surface area (Å²) in [5.41, 5.74) is 9.95. The number of nitrogens with two attached hydrogens (primary N) is 1. The topological polar surface area (TPSA) is 80.9 Å². The van der Waals surface area contributed by atoms with Crippen molar-refractivity contribution < 1.29 is 4.79 Å². The number of amides is 1. The summed E-state index contributed by atoms with van der Waals surface area (Å²) >= 11 is 0. The number of nitrogens with zero attached hydrogens (tertiary/aromatic N) is 2. The molecule has 1 unspecified atom stereocenters. The average molecular weight is 360 g/mol. The number of benzene rings is 1. The van der Waals surface area contributed by atoms with E-state index in [2.05, 4.69) is 15.3 Å². The fourth-order valence-electron chi connectivity index (χ4n) is 3.32. The maximum absolute atomic E-state index is 12.8. The maximum Gasteiger partial charge on any atom is 0.242 e. The zero-order chi connectivity index (χ0) is 19.3. The predicted octanol–water partition coefficient (Wildman–Crippen LogP) is 2.81. The van der Waals surface area contributed by atoms with Gasteiger partial charge in [0.25, 0.3) is 0 Å². The second kappa shape index (κ2) is 8.10. The van der Waals surface area contributed by atoms with Crippen LogP contribution in [0.3, 0.4) is 0 Å². The highest BCUT2D eigenvalue weighted by Crippen LogP contribution is 2.30. The van der Waals surface area contributed by atoms with Crippen molar-refractivity contribution >= 4 is 5.91 Å². The van der Waals surface area contributed by atoms with E-state index in [1.807, 2.05) is 56.3 Å². The Balaban J connectivity index is 2.07. The van der Waals surface area contributed by atoms with Crippen LogP contribution in [0, 0.1) is 13.8 Å². The van der Waals surface area contributed by atoms with Crippen LogP contribution in [0.2, 0.25) is 0 Å². The van der Waals surface area contributed by atoms with Gasteiger partial charge in [0.1, 0.15) is 5.54 Å². The molecule has 0 bridgehead atoms. The normalized spacial score (nSPS) is 13.1. The van der Waals surface area contributed by atoms with Gasteiger partial charge >= 0.3 is 0 Å². The van der Waals surface area contributed by atoms with Crippen LogP contribution in [-0.2, 0) is 23.3 Å². The number of primary amides is 1. The third kappa shape index (κ3) is 4.20. The molecule has 27 heavy (non-hydrogen) atoms. The van der Waals surface area contributed by atoms with Gasteiger partial charge in [-0.15, -0.1) is 0 Å². The van der Waals surface area contributed by atoms with Gasteiger partial charge in [-0.1, -0.05) is 29.8 Å². The Morgan fingerprint density at radius 1 is 1.04 bits per heavy atom. The Morgan fingerprint density at radius 3 is 2.48 bits per heavy atom. The van der Waals surface area contributed by atoms with E-state index in [0.717, 1.165) is 27.8 Å². The first-order chi connectivity index (χ1) is 13.0. The lowest BCUT2D eigenvalue weighted by atomic mass is 9.80. The zero-order valence-electron chi connectivity index (χ0n) is 15.6. The van der Waals surface area contributed by atoms with Gasteiger partial charge in [-0.25, -0.2) is 0 Å². The maximum atomic E-state index is 12.8. The van der Waals surface area contributed by atoms with Gasteiger partial charge < -0.3 is 5.73 Å². The summed E-state index contributed by atoms with van der Waals surface area (Å²) in [5, 5.41) is 3.45. The highest BCUT2D eigenvalue weighted by Gasteiger charge is 2.39. The summed E-state index contributed by atoms with van der Waals surface area (Å²) in [4.78, 5) is 21.1. The van der Waals surface area contributed by atoms with E-state index in [9.17, 15) is 4.79 Å². The van der Waals surface area contributed by atoms with E-state index in [-0.39, 0.29) is 0 Å². The first kappa shape index (κ1) is 18.7. The number of nitrogens with one attached hydrogen (secondary N) is 1. The van der Waals surface area contributed by atoms with E-state index in [0.29, 0.717) is 13.0 Å². The first-order valence-corrected chi connectivity index (χ1v) is 8.92. The molecule has 1 aromatic carbocycles. The lowest BCUT2D eigenvalue weighted by Gasteiger charge is -2.34. The van der Waals surface area contributed by atoms with E-state index in [1.54, 1.807) is 24.8 Å². The molecule has 3 N–H and O–H groups in total. The Hall–Kier alpha value is -3.05. The molecular weight excluding hydrogens is 336 g/mol. The molecule has 2 heterocycles. The van der Waals surface area contributed by atoms with Crippen molar-refractivity contribution in [2.45, 2.75) is 32.4 Å². The zero-order valence-corrected chi connectivity index (χ0v) is 15.6. The molecule has 1 atom stereocenters. The summed E-state index contributed by atoms with van der Waals surface area (Å²) in [7, 11) is 0. The van der Waals surface area contributed by atoms with Crippen molar-refractivity contribution in [3.8, 4) is 0 Å². The number of aryl methyl sites for hydroxylation is 2. The Kier molecular flexibility index (Phi) is 5.62. The quantitative estimate of drug-likeness (QED) is 0.679. The molecule has 2 aromatic heterocycles. The van der Waals surface area contributed by atoms with Crippen molar-refractivity contribution in [3.63, 3.8) is 0 Å². The standard InChI is InChI=1S/C22H24N4O/c1-16-5-6-17(2)20(12-16)22(21(23)27,13-18-7-10-24-11-8-18)26-15-19-4-3-9-25-14-19/h3-12,14,26H,13,15H2,1-2H3,(H2,23,27). The second-order valence-corrected chi connectivity index (χ2v) is 6.84. The number of hydrogen-bond donors (Lipinski definition) is 2. The smallest absolute Gasteiger partial charge is 0.242 e. The van der Waals surface area contributed by atoms with Crippen LogP contribution in [0.1, 0.15) is 27.8 Å². The van der Waals surface area contributed by atoms with Crippen molar-refractivity contribution in [1.82, 2.24) is 15.3 Å². The average Bonchev–Trinajstić information content (AvgIpc) is 2.68. The lowest BCUT2D eigenvalue weighted by molar-refractivity contribution is -0.125. The van der Waals surface area contributed by atoms with Gasteiger partial charge in [0.2, 0.25) is 5.91 Å². The number of carbonyl (C=O) groups excluding carboxylic acids is 1. The summed E-state index contributed by atoms with van der Waals surface area (Å²) < 4.78 is 0. The highest BCUT2D eigenvalue weighted by atomic mass is 16.1. The largest absolute Gasteiger partial charge is 0.368 e. The van der Waals surface area contributed by atoms with Crippen LogP contribution < -0.4 is 11.1 Å². The minimum atomic E-state index is -1.03. The van der Waals surface area contributed by atoms with E-state index < -0.39 is 11.4 Å². The predicted molar refractivity (Wildman–Crippen MR) is 106 cm³/mol. The number of carbonyl (C=O) groups is 1. The summed E-state index contributed by atoms with van der Waals surface area (Å²) in [6.07, 6.45) is 7.41. The van der Waals surface area contributed by atoms with E-state index in [4.69, 9.17) is 5.73 Å². The molecule has 5 heteroatoms. The lowest BCUT2D eigenvalue weighted by Crippen LogP contribution is -2.54. The van der Waals surface area contributed by atoms with Crippen LogP contribution in [0.5, 0.6) is 0 Å². The van der Waals surface area contributed by atoms with E-state index >= 15 is 0 Å². The molecule has 1 amide bonds. The van der Waals surface area contributed by atoms with Crippen molar-refractivity contribution in [2.24, 2.45) is 5.73 Å². The van der Waals surface area contributed by atoms with Gasteiger partial charge in [-0.2, -0.15) is 0 Å². The van der Waals surface area contributed by atoms with Gasteiger partial charge in [0.05, 0.1) is 0 Å². The molecule has 0 spiro atoms. The van der Waals surface area contributed by atoms with Crippen LogP contribution in [0.15, 0.2) is 67.3 Å². The van der Waals surface area contributed by atoms with Gasteiger partial charge in [-0.05, 0) is 54.3 Å². The molecule has 5 nitrogen and oxygen atoms in total. The van der Waals surface area contributed by atoms with Gasteiger partial charge in [0.15, 0.2) is 0 Å². The molecular formula is C22H24N4O. The minimum absolute atomic E-state index is 0.406. The SMILES string of the molecule is Cc1ccc(C)c(C(Cc2ccncc2)(NCc2cccnc2)C(N)=O)c1. The molecule has 0 aliphatic rings. The third-order valence-electron chi connectivity index (χ3n) is 4.81. The number of rotatable bonds is 7. The molecule has 3 rings (SSSR count). The Labute approximate surface area is 159 Å². The number of hydrogen-bond acceptors (Lipinski definition) is 4. The number of pyridine rings is 2. The summed E-state index contributed by atoms with van der Waals surface area (Å²) in [6.45, 7) is 4.50. The third-order valence-corrected chi connectivity index (χ3v) is 4.81. The molecule has 0 aliphatic carbocycles. The van der Waals surface area contributed by atoms with Gasteiger partial charge in [-0.3, -0.25) is 20.1 Å². The molecule has 0 aliphatic heterocycles. The fraction of sp³-hybridized carbons (Fsp3) is 0.227. The highest BCUT2D eigenvalue weighted by molar-refractivity contribution is 5.87. The van der Waals surface area contributed by atoms with Crippen molar-refractivity contribution in [2.75, 3.05) is 0 Å². The first-order valence-electron chi connectivity index (χ1n) is 8.92. The second-order valence-electron chi connectivity index (χ2n) is 6.84. The molecule has 0 saturated heterocycles. The summed E-state index contributed by atoms with van der Waals surface area (Å²) in [6, 6.07) is 13.8. The molecule has 0 saturated carbocycles. The van der Waals surface area contributed by atoms with Crippen molar-refractivity contribution in [1.29, 1.82) is 0 Å². The van der Waals surface area contributed by atoms with Crippen LogP contribution in [0.4, 0.5) is 0 Å². The van der Waals surface area contributed by atoms with Gasteiger partial charge in [0, 0.05) is 37.8 Å². The molecule has 0 radical (unpaired) electrons. The van der Waals surface area contributed by atoms with E-state index in [1.165, 1.54) is 0 Å². The van der Waals surface area contributed by atoms with Crippen molar-refractivity contribution in [3.05, 3.63) is 95.1 Å². The Morgan fingerprint density at radius 2 is 1.81 bits per heavy atom. The Bertz CT molecular complexity index is 912.